The number of benzene rings is 1. The molecule has 0 aliphatic heterocycles. The average Bonchev–Trinajstić information content (AvgIpc) is 2.80. The number of amides is 1. The predicted molar refractivity (Wildman–Crippen MR) is 79.8 cm³/mol. The first kappa shape index (κ1) is 14.3. The molecule has 0 aliphatic rings. The van der Waals surface area contributed by atoms with Crippen LogP contribution < -0.4 is 5.32 Å². The number of thiophene rings is 1. The fraction of sp³-hybridized carbons (Fsp3) is 0.200. The highest BCUT2D eigenvalue weighted by Crippen LogP contribution is 2.23. The summed E-state index contributed by atoms with van der Waals surface area (Å²) in [5.41, 5.74) is 1.75. The molecule has 5 heteroatoms. The number of hydrogen-bond acceptors (Lipinski definition) is 3. The molecule has 1 amide bonds. The van der Waals surface area contributed by atoms with Crippen LogP contribution in [0.5, 0.6) is 0 Å². The van der Waals surface area contributed by atoms with Crippen molar-refractivity contribution < 1.29 is 14.7 Å². The number of rotatable bonds is 4. The van der Waals surface area contributed by atoms with Crippen LogP contribution in [0.4, 0.5) is 5.69 Å². The fourth-order valence-electron chi connectivity index (χ4n) is 1.91. The Bertz CT molecular complexity index is 661. The average molecular weight is 289 g/mol. The van der Waals surface area contributed by atoms with Crippen molar-refractivity contribution in [2.75, 3.05) is 5.32 Å². The third-order valence-electron chi connectivity index (χ3n) is 2.93. The molecule has 0 spiro atoms. The van der Waals surface area contributed by atoms with E-state index >= 15 is 0 Å². The van der Waals surface area contributed by atoms with Gasteiger partial charge in [-0.25, -0.2) is 4.79 Å². The van der Waals surface area contributed by atoms with E-state index in [-0.39, 0.29) is 11.5 Å². The van der Waals surface area contributed by atoms with Gasteiger partial charge in [0, 0.05) is 10.6 Å². The number of carboxylic acids is 1. The van der Waals surface area contributed by atoms with Gasteiger partial charge < -0.3 is 10.4 Å². The molecule has 104 valence electrons. The number of aryl methyl sites for hydroxylation is 2. The molecule has 0 aliphatic carbocycles. The van der Waals surface area contributed by atoms with Gasteiger partial charge in [-0.2, -0.15) is 0 Å². The SMILES string of the molecule is CCc1sc(C(=O)Nc2cccc(C(=O)O)c2)cc1C. The maximum atomic E-state index is 12.1. The molecule has 4 nitrogen and oxygen atoms in total. The molecule has 1 aromatic carbocycles. The second-order valence-corrected chi connectivity index (χ2v) is 5.55. The quantitative estimate of drug-likeness (QED) is 0.904. The summed E-state index contributed by atoms with van der Waals surface area (Å²) in [5, 5.41) is 11.6. The number of hydrogen-bond donors (Lipinski definition) is 2. The van der Waals surface area contributed by atoms with Crippen LogP contribution in [0.15, 0.2) is 30.3 Å². The van der Waals surface area contributed by atoms with Crippen LogP contribution in [0, 0.1) is 6.92 Å². The number of carbonyl (C=O) groups excluding carboxylic acids is 1. The standard InChI is InChI=1S/C15H15NO3S/c1-3-12-9(2)7-13(20-12)14(17)16-11-6-4-5-10(8-11)15(18)19/h4-8H,3H2,1-2H3,(H,16,17)(H,18,19). The molecule has 0 saturated heterocycles. The summed E-state index contributed by atoms with van der Waals surface area (Å²) >= 11 is 1.47. The van der Waals surface area contributed by atoms with Gasteiger partial charge in [-0.3, -0.25) is 4.79 Å². The maximum Gasteiger partial charge on any atom is 0.335 e. The van der Waals surface area contributed by atoms with E-state index in [1.54, 1.807) is 12.1 Å². The number of nitrogens with one attached hydrogen (secondary N) is 1. The Morgan fingerprint density at radius 3 is 2.65 bits per heavy atom. The second-order valence-electron chi connectivity index (χ2n) is 4.41. The van der Waals surface area contributed by atoms with Crippen molar-refractivity contribution in [2.24, 2.45) is 0 Å². The minimum atomic E-state index is -1.01. The Kier molecular flexibility index (Phi) is 4.20. The van der Waals surface area contributed by atoms with Crippen molar-refractivity contribution in [2.45, 2.75) is 20.3 Å². The Hall–Kier alpha value is -2.14. The first-order valence-electron chi connectivity index (χ1n) is 6.25. The molecular formula is C15H15NO3S. The van der Waals surface area contributed by atoms with Crippen molar-refractivity contribution in [1.29, 1.82) is 0 Å². The Balaban J connectivity index is 2.18. The van der Waals surface area contributed by atoms with Crippen molar-refractivity contribution >= 4 is 28.9 Å². The molecule has 20 heavy (non-hydrogen) atoms. The van der Waals surface area contributed by atoms with Crippen molar-refractivity contribution in [3.05, 3.63) is 51.2 Å². The van der Waals surface area contributed by atoms with Gasteiger partial charge in [0.2, 0.25) is 0 Å². The van der Waals surface area contributed by atoms with E-state index in [4.69, 9.17) is 5.11 Å². The summed E-state index contributed by atoms with van der Waals surface area (Å²) in [5.74, 6) is -1.22. The topological polar surface area (TPSA) is 66.4 Å². The highest BCUT2D eigenvalue weighted by atomic mass is 32.1. The van der Waals surface area contributed by atoms with Crippen LogP contribution in [0.3, 0.4) is 0 Å². The van der Waals surface area contributed by atoms with E-state index in [0.29, 0.717) is 10.6 Å². The Morgan fingerprint density at radius 1 is 1.30 bits per heavy atom. The molecule has 0 fully saturated rings. The van der Waals surface area contributed by atoms with E-state index in [2.05, 4.69) is 12.2 Å². The van der Waals surface area contributed by atoms with Gasteiger partial charge in [0.25, 0.3) is 5.91 Å². The van der Waals surface area contributed by atoms with Gasteiger partial charge in [-0.15, -0.1) is 11.3 Å². The first-order valence-corrected chi connectivity index (χ1v) is 7.07. The normalized spacial score (nSPS) is 10.3. The molecule has 0 atom stereocenters. The minimum absolute atomic E-state index is 0.152. The molecule has 0 radical (unpaired) electrons. The van der Waals surface area contributed by atoms with E-state index in [9.17, 15) is 9.59 Å². The lowest BCUT2D eigenvalue weighted by atomic mass is 10.2. The lowest BCUT2D eigenvalue weighted by Crippen LogP contribution is -2.10. The van der Waals surface area contributed by atoms with Gasteiger partial charge in [0.15, 0.2) is 0 Å². The zero-order chi connectivity index (χ0) is 14.7. The minimum Gasteiger partial charge on any atom is -0.478 e. The van der Waals surface area contributed by atoms with Crippen molar-refractivity contribution in [3.63, 3.8) is 0 Å². The second kappa shape index (κ2) is 5.88. The predicted octanol–water partition coefficient (Wildman–Crippen LogP) is 3.57. The third kappa shape index (κ3) is 3.05. The highest BCUT2D eigenvalue weighted by molar-refractivity contribution is 7.14. The molecule has 2 aromatic rings. The monoisotopic (exact) mass is 289 g/mol. The van der Waals surface area contributed by atoms with Gasteiger partial charge in [-0.1, -0.05) is 13.0 Å². The number of anilines is 1. The van der Waals surface area contributed by atoms with Crippen LogP contribution in [0.2, 0.25) is 0 Å². The van der Waals surface area contributed by atoms with Gasteiger partial charge in [0.1, 0.15) is 0 Å². The molecule has 0 bridgehead atoms. The Morgan fingerprint density at radius 2 is 2.05 bits per heavy atom. The fourth-order valence-corrected chi connectivity index (χ4v) is 2.91. The van der Waals surface area contributed by atoms with Gasteiger partial charge in [0.05, 0.1) is 10.4 Å². The molecule has 2 rings (SSSR count). The van der Waals surface area contributed by atoms with E-state index in [1.807, 2.05) is 13.0 Å². The molecule has 2 N–H and O–H groups in total. The third-order valence-corrected chi connectivity index (χ3v) is 4.31. The van der Waals surface area contributed by atoms with E-state index < -0.39 is 5.97 Å². The summed E-state index contributed by atoms with van der Waals surface area (Å²) in [6.07, 6.45) is 0.901. The zero-order valence-corrected chi connectivity index (χ0v) is 12.1. The lowest BCUT2D eigenvalue weighted by molar-refractivity contribution is 0.0696. The summed E-state index contributed by atoms with van der Waals surface area (Å²) in [6.45, 7) is 4.04. The number of aromatic carboxylic acids is 1. The van der Waals surface area contributed by atoms with Crippen LogP contribution >= 0.6 is 11.3 Å². The number of carbonyl (C=O) groups is 2. The maximum absolute atomic E-state index is 12.1. The molecule has 1 aromatic heterocycles. The van der Waals surface area contributed by atoms with E-state index in [0.717, 1.165) is 12.0 Å². The highest BCUT2D eigenvalue weighted by Gasteiger charge is 2.12. The van der Waals surface area contributed by atoms with Crippen LogP contribution in [-0.2, 0) is 6.42 Å². The first-order chi connectivity index (χ1) is 9.51. The van der Waals surface area contributed by atoms with Gasteiger partial charge in [-0.05, 0) is 43.2 Å². The largest absolute Gasteiger partial charge is 0.478 e. The lowest BCUT2D eigenvalue weighted by Gasteiger charge is -2.04. The molecular weight excluding hydrogens is 274 g/mol. The summed E-state index contributed by atoms with van der Waals surface area (Å²) in [7, 11) is 0. The van der Waals surface area contributed by atoms with E-state index in [1.165, 1.54) is 28.3 Å². The molecule has 1 heterocycles. The molecule has 0 unspecified atom stereocenters. The molecule has 0 saturated carbocycles. The summed E-state index contributed by atoms with van der Waals surface area (Å²) in [4.78, 5) is 24.8. The summed E-state index contributed by atoms with van der Waals surface area (Å²) < 4.78 is 0. The summed E-state index contributed by atoms with van der Waals surface area (Å²) in [6, 6.07) is 8.07. The van der Waals surface area contributed by atoms with Crippen LogP contribution in [0.1, 0.15) is 37.4 Å². The van der Waals surface area contributed by atoms with Gasteiger partial charge >= 0.3 is 5.97 Å². The van der Waals surface area contributed by atoms with Crippen LogP contribution in [0.25, 0.3) is 0 Å². The smallest absolute Gasteiger partial charge is 0.335 e. The zero-order valence-electron chi connectivity index (χ0n) is 11.3. The van der Waals surface area contributed by atoms with Crippen molar-refractivity contribution in [1.82, 2.24) is 0 Å². The number of carboxylic acid groups (broad SMARTS) is 1. The van der Waals surface area contributed by atoms with Crippen LogP contribution in [-0.4, -0.2) is 17.0 Å². The van der Waals surface area contributed by atoms with Crippen molar-refractivity contribution in [3.8, 4) is 0 Å². The Labute approximate surface area is 121 Å².